The molecule has 3 heteroatoms. The van der Waals surface area contributed by atoms with Crippen LogP contribution in [-0.2, 0) is 0 Å². The van der Waals surface area contributed by atoms with Crippen LogP contribution in [-0.4, -0.2) is 15.7 Å². The average molecular weight is 365 g/mol. The second-order valence-electron chi connectivity index (χ2n) is 8.65. The minimum Gasteiger partial charge on any atom is -0.267 e. The summed E-state index contributed by atoms with van der Waals surface area (Å²) in [6.07, 6.45) is 4.32. The fourth-order valence-electron chi connectivity index (χ4n) is 4.33. The summed E-state index contributed by atoms with van der Waals surface area (Å²) >= 11 is 0. The molecule has 0 unspecified atom stereocenters. The van der Waals surface area contributed by atoms with Crippen LogP contribution in [0.4, 0.5) is 0 Å². The maximum atomic E-state index is 13.3. The number of aromatic nitrogens is 2. The highest BCUT2D eigenvalue weighted by atomic mass is 16.2. The minimum atomic E-state index is -0.00772. The number of fused-ring (bicyclic) bond motifs is 1. The van der Waals surface area contributed by atoms with Crippen LogP contribution in [0.3, 0.4) is 0 Å². The fraction of sp³-hybridized carbons (Fsp3) is 0.500. The summed E-state index contributed by atoms with van der Waals surface area (Å²) in [7, 11) is 0. The fourth-order valence-corrected chi connectivity index (χ4v) is 4.33. The molecule has 1 aliphatic rings. The zero-order valence-corrected chi connectivity index (χ0v) is 17.5. The summed E-state index contributed by atoms with van der Waals surface area (Å²) in [6.45, 7) is 12.9. The minimum absolute atomic E-state index is 0.00772. The van der Waals surface area contributed by atoms with Crippen LogP contribution in [0.2, 0.25) is 0 Å². The van der Waals surface area contributed by atoms with Crippen molar-refractivity contribution in [2.45, 2.75) is 66.2 Å². The smallest absolute Gasteiger partial charge is 0.267 e. The Hall–Kier alpha value is -2.16. The van der Waals surface area contributed by atoms with Crippen LogP contribution >= 0.6 is 0 Å². The third-order valence-corrected chi connectivity index (χ3v) is 5.67. The lowest BCUT2D eigenvalue weighted by molar-refractivity contribution is 0.0940. The van der Waals surface area contributed by atoms with Gasteiger partial charge < -0.3 is 0 Å². The molecule has 2 aromatic rings. The lowest BCUT2D eigenvalue weighted by Gasteiger charge is -2.28. The van der Waals surface area contributed by atoms with Gasteiger partial charge in [0.2, 0.25) is 0 Å². The number of nitrogens with zero attached hydrogens (tertiary/aromatic N) is 2. The summed E-state index contributed by atoms with van der Waals surface area (Å²) in [5, 5.41) is 4.93. The van der Waals surface area contributed by atoms with Crippen molar-refractivity contribution in [2.75, 3.05) is 0 Å². The van der Waals surface area contributed by atoms with Gasteiger partial charge in [0.25, 0.3) is 5.91 Å². The summed E-state index contributed by atoms with van der Waals surface area (Å²) in [5.74, 6) is 1.68. The first-order valence-corrected chi connectivity index (χ1v) is 10.2. The number of carbonyl (C=O) groups is 1. The Balaban J connectivity index is 2.24. The van der Waals surface area contributed by atoms with E-state index in [0.717, 1.165) is 35.4 Å². The van der Waals surface area contributed by atoms with Gasteiger partial charge >= 0.3 is 0 Å². The van der Waals surface area contributed by atoms with Crippen molar-refractivity contribution >= 4 is 5.91 Å². The first-order chi connectivity index (χ1) is 12.8. The zero-order valence-electron chi connectivity index (χ0n) is 17.5. The van der Waals surface area contributed by atoms with Crippen molar-refractivity contribution in [3.8, 4) is 11.3 Å². The Kier molecular flexibility index (Phi) is 5.69. The lowest BCUT2D eigenvalue weighted by Crippen LogP contribution is -2.17. The normalized spacial score (nSPS) is 20.2. The molecule has 27 heavy (non-hydrogen) atoms. The Bertz CT molecular complexity index is 843. The van der Waals surface area contributed by atoms with Gasteiger partial charge in [0.1, 0.15) is 0 Å². The van der Waals surface area contributed by atoms with Gasteiger partial charge in [-0.25, -0.2) is 0 Å². The SMILES string of the molecule is C/C(=C\C(C)C)C(=O)n1nc2c(c1-c1ccccc1)[C@H](C)CC[C@H]2C(C)C. The molecule has 3 rings (SSSR count). The van der Waals surface area contributed by atoms with Gasteiger partial charge in [0, 0.05) is 22.6 Å². The standard InChI is InChI=1S/C24H32N2O/c1-15(2)14-18(6)24(27)26-23(19-10-8-7-9-11-19)21-17(5)12-13-20(16(3)4)22(21)25-26/h7-11,14-17,20H,12-13H2,1-6H3/b18-14+/t17-,20+/m1/s1. The summed E-state index contributed by atoms with van der Waals surface area (Å²) in [4.78, 5) is 13.3. The molecular formula is C24H32N2O. The zero-order chi connectivity index (χ0) is 19.7. The molecule has 1 heterocycles. The maximum absolute atomic E-state index is 13.3. The van der Waals surface area contributed by atoms with Crippen LogP contribution in [0, 0.1) is 11.8 Å². The summed E-state index contributed by atoms with van der Waals surface area (Å²) < 4.78 is 1.69. The molecule has 0 spiro atoms. The Morgan fingerprint density at radius 3 is 2.41 bits per heavy atom. The van der Waals surface area contributed by atoms with Crippen molar-refractivity contribution in [2.24, 2.45) is 11.8 Å². The van der Waals surface area contributed by atoms with Crippen LogP contribution < -0.4 is 0 Å². The number of hydrogen-bond acceptors (Lipinski definition) is 2. The van der Waals surface area contributed by atoms with E-state index in [9.17, 15) is 4.79 Å². The average Bonchev–Trinajstić information content (AvgIpc) is 3.02. The number of allylic oxidation sites excluding steroid dienone is 2. The number of hydrogen-bond donors (Lipinski definition) is 0. The molecule has 0 saturated carbocycles. The van der Waals surface area contributed by atoms with Crippen LogP contribution in [0.25, 0.3) is 11.3 Å². The molecule has 1 aromatic heterocycles. The molecule has 0 aliphatic heterocycles. The van der Waals surface area contributed by atoms with Gasteiger partial charge in [-0.3, -0.25) is 4.79 Å². The van der Waals surface area contributed by atoms with E-state index in [4.69, 9.17) is 5.10 Å². The van der Waals surface area contributed by atoms with Gasteiger partial charge in [-0.1, -0.05) is 71.0 Å². The van der Waals surface area contributed by atoms with E-state index in [1.165, 1.54) is 5.56 Å². The van der Waals surface area contributed by atoms with Crippen LogP contribution in [0.15, 0.2) is 42.0 Å². The molecule has 144 valence electrons. The van der Waals surface area contributed by atoms with Crippen molar-refractivity contribution in [3.05, 3.63) is 53.2 Å². The van der Waals surface area contributed by atoms with E-state index in [0.29, 0.717) is 23.7 Å². The predicted molar refractivity (Wildman–Crippen MR) is 112 cm³/mol. The predicted octanol–water partition coefficient (Wildman–Crippen LogP) is 6.43. The molecule has 0 amide bonds. The van der Waals surface area contributed by atoms with Gasteiger partial charge in [-0.05, 0) is 37.5 Å². The number of rotatable bonds is 4. The lowest BCUT2D eigenvalue weighted by atomic mass is 9.75. The molecule has 0 N–H and O–H groups in total. The molecular weight excluding hydrogens is 332 g/mol. The van der Waals surface area contributed by atoms with E-state index in [1.807, 2.05) is 31.2 Å². The Labute approximate surface area is 163 Å². The van der Waals surface area contributed by atoms with Gasteiger partial charge in [-0.2, -0.15) is 9.78 Å². The molecule has 2 atom stereocenters. The van der Waals surface area contributed by atoms with E-state index in [2.05, 4.69) is 46.8 Å². The number of carbonyl (C=O) groups excluding carboxylic acids is 1. The van der Waals surface area contributed by atoms with Gasteiger partial charge in [0.15, 0.2) is 0 Å². The van der Waals surface area contributed by atoms with E-state index < -0.39 is 0 Å². The number of benzene rings is 1. The monoisotopic (exact) mass is 364 g/mol. The molecule has 0 fully saturated rings. The van der Waals surface area contributed by atoms with Crippen LogP contribution in [0.5, 0.6) is 0 Å². The molecule has 3 nitrogen and oxygen atoms in total. The summed E-state index contributed by atoms with van der Waals surface area (Å²) in [5.41, 5.74) is 5.24. The second kappa shape index (κ2) is 7.84. The van der Waals surface area contributed by atoms with E-state index >= 15 is 0 Å². The summed E-state index contributed by atoms with van der Waals surface area (Å²) in [6, 6.07) is 10.3. The molecule has 0 bridgehead atoms. The molecule has 0 saturated heterocycles. The maximum Gasteiger partial charge on any atom is 0.274 e. The highest BCUT2D eigenvalue weighted by molar-refractivity contribution is 5.97. The third kappa shape index (κ3) is 3.78. The quantitative estimate of drug-likeness (QED) is 0.586. The van der Waals surface area contributed by atoms with Gasteiger partial charge in [0.05, 0.1) is 11.4 Å². The van der Waals surface area contributed by atoms with E-state index in [1.54, 1.807) is 4.68 Å². The van der Waals surface area contributed by atoms with Crippen molar-refractivity contribution in [1.29, 1.82) is 0 Å². The molecule has 1 aromatic carbocycles. The first-order valence-electron chi connectivity index (χ1n) is 10.2. The van der Waals surface area contributed by atoms with Crippen molar-refractivity contribution < 1.29 is 4.79 Å². The topological polar surface area (TPSA) is 34.9 Å². The molecule has 1 aliphatic carbocycles. The van der Waals surface area contributed by atoms with Crippen molar-refractivity contribution in [1.82, 2.24) is 9.78 Å². The third-order valence-electron chi connectivity index (χ3n) is 5.67. The first kappa shape index (κ1) is 19.6. The van der Waals surface area contributed by atoms with Crippen molar-refractivity contribution in [3.63, 3.8) is 0 Å². The highest BCUT2D eigenvalue weighted by Gasteiger charge is 2.35. The highest BCUT2D eigenvalue weighted by Crippen LogP contribution is 2.46. The Morgan fingerprint density at radius 1 is 1.15 bits per heavy atom. The van der Waals surface area contributed by atoms with Crippen LogP contribution in [0.1, 0.15) is 82.3 Å². The Morgan fingerprint density at radius 2 is 1.81 bits per heavy atom. The second-order valence-corrected chi connectivity index (χ2v) is 8.65. The molecule has 0 radical (unpaired) electrons. The van der Waals surface area contributed by atoms with Gasteiger partial charge in [-0.15, -0.1) is 0 Å². The largest absolute Gasteiger partial charge is 0.274 e. The van der Waals surface area contributed by atoms with E-state index in [-0.39, 0.29) is 5.91 Å².